The number of anilines is 1. The zero-order chi connectivity index (χ0) is 31.1. The third-order valence-electron chi connectivity index (χ3n) is 7.81. The van der Waals surface area contributed by atoms with Gasteiger partial charge in [-0.05, 0) is 37.6 Å². The molecule has 3 N–H and O–H groups in total. The predicted octanol–water partition coefficient (Wildman–Crippen LogP) is 4.24. The summed E-state index contributed by atoms with van der Waals surface area (Å²) < 4.78 is 12.4. The van der Waals surface area contributed by atoms with Crippen molar-refractivity contribution in [2.45, 2.75) is 25.8 Å². The molecule has 2 atom stereocenters. The molecule has 230 valence electrons. The van der Waals surface area contributed by atoms with Crippen molar-refractivity contribution in [3.8, 4) is 22.8 Å². The van der Waals surface area contributed by atoms with E-state index >= 15 is 0 Å². The first kappa shape index (κ1) is 30.7. The predicted molar refractivity (Wildman–Crippen MR) is 170 cm³/mol. The van der Waals surface area contributed by atoms with Gasteiger partial charge >= 0.3 is 6.03 Å². The van der Waals surface area contributed by atoms with Gasteiger partial charge in [0.2, 0.25) is 5.88 Å². The lowest BCUT2D eigenvalue weighted by Crippen LogP contribution is -2.42. The fourth-order valence-electron chi connectivity index (χ4n) is 5.62. The van der Waals surface area contributed by atoms with Crippen LogP contribution in [-0.2, 0) is 4.74 Å². The monoisotopic (exact) mass is 597 g/mol. The number of amides is 3. The van der Waals surface area contributed by atoms with Gasteiger partial charge in [-0.3, -0.25) is 15.0 Å². The first-order valence-electron chi connectivity index (χ1n) is 14.7. The number of para-hydroxylation sites is 1. The van der Waals surface area contributed by atoms with Crippen molar-refractivity contribution in [1.29, 1.82) is 0 Å². The normalized spacial score (nSPS) is 16.5. The van der Waals surface area contributed by atoms with Crippen LogP contribution in [0.5, 0.6) is 5.88 Å². The van der Waals surface area contributed by atoms with E-state index in [0.29, 0.717) is 42.3 Å². The van der Waals surface area contributed by atoms with Crippen LogP contribution in [0.15, 0.2) is 72.9 Å². The third-order valence-corrected chi connectivity index (χ3v) is 7.81. The Morgan fingerprint density at radius 2 is 1.75 bits per heavy atom. The van der Waals surface area contributed by atoms with E-state index in [9.17, 15) is 9.59 Å². The van der Waals surface area contributed by atoms with Crippen molar-refractivity contribution in [2.24, 2.45) is 0 Å². The van der Waals surface area contributed by atoms with Crippen LogP contribution in [0.25, 0.3) is 16.9 Å². The van der Waals surface area contributed by atoms with Crippen molar-refractivity contribution in [2.75, 3.05) is 52.3 Å². The molecule has 0 bridgehead atoms. The summed E-state index contributed by atoms with van der Waals surface area (Å²) in [6.07, 6.45) is 1.62. The van der Waals surface area contributed by atoms with E-state index in [1.165, 1.54) is 12.7 Å². The number of nitrogens with one attached hydrogen (secondary N) is 3. The molecule has 1 fully saturated rings. The van der Waals surface area contributed by atoms with Crippen molar-refractivity contribution in [3.63, 3.8) is 0 Å². The van der Waals surface area contributed by atoms with Gasteiger partial charge in [-0.25, -0.2) is 14.5 Å². The summed E-state index contributed by atoms with van der Waals surface area (Å²) in [4.78, 5) is 33.1. The molecule has 0 aliphatic carbocycles. The summed E-state index contributed by atoms with van der Waals surface area (Å²) in [5.41, 5.74) is 4.19. The summed E-state index contributed by atoms with van der Waals surface area (Å²) in [7, 11) is 3.17. The zero-order valence-corrected chi connectivity index (χ0v) is 25.5. The van der Waals surface area contributed by atoms with Crippen molar-refractivity contribution < 1.29 is 19.1 Å². The summed E-state index contributed by atoms with van der Waals surface area (Å²) in [5, 5.41) is 14.0. The van der Waals surface area contributed by atoms with E-state index in [1.807, 2.05) is 62.4 Å². The van der Waals surface area contributed by atoms with Crippen molar-refractivity contribution in [3.05, 3.63) is 89.6 Å². The number of benzene rings is 2. The van der Waals surface area contributed by atoms with Crippen molar-refractivity contribution in [1.82, 2.24) is 30.3 Å². The van der Waals surface area contributed by atoms with Gasteiger partial charge in [-0.2, -0.15) is 5.10 Å². The number of urea groups is 1. The molecule has 11 heteroatoms. The van der Waals surface area contributed by atoms with E-state index < -0.39 is 0 Å². The molecule has 1 aliphatic rings. The molecule has 5 rings (SSSR count). The minimum absolute atomic E-state index is 0.104. The molecule has 0 unspecified atom stereocenters. The summed E-state index contributed by atoms with van der Waals surface area (Å²) >= 11 is 0. The van der Waals surface area contributed by atoms with Gasteiger partial charge in [0.05, 0.1) is 31.1 Å². The van der Waals surface area contributed by atoms with Crippen LogP contribution in [0.2, 0.25) is 0 Å². The quantitative estimate of drug-likeness (QED) is 0.236. The highest BCUT2D eigenvalue weighted by atomic mass is 16.5. The Morgan fingerprint density at radius 3 is 2.43 bits per heavy atom. The number of hydrogen-bond acceptors (Lipinski definition) is 7. The Morgan fingerprint density at radius 1 is 1.02 bits per heavy atom. The van der Waals surface area contributed by atoms with E-state index in [4.69, 9.17) is 14.6 Å². The standard InChI is InChI=1S/C33H39N7O4/c1-5-34-31(41)26-18-24(19-35-32(26)44-4)29-22(2)30(40(38-29)25-14-10-7-11-15-25)37-33(42)36-28-21-39(16-17-43-3)20-27(28)23-12-8-6-9-13-23/h6-15,18-19,27-28H,5,16-17,20-21H2,1-4H3,(H,34,41)(H2,36,37,42)/t27-,28+/m0/s1. The number of likely N-dealkylation sites (tertiary alicyclic amines) is 1. The molecule has 11 nitrogen and oxygen atoms in total. The molecule has 0 spiro atoms. The lowest BCUT2D eigenvalue weighted by Gasteiger charge is -2.21. The Kier molecular flexibility index (Phi) is 9.88. The second-order valence-corrected chi connectivity index (χ2v) is 10.7. The average Bonchev–Trinajstić information content (AvgIpc) is 3.60. The van der Waals surface area contributed by atoms with Crippen LogP contribution in [0, 0.1) is 6.92 Å². The zero-order valence-electron chi connectivity index (χ0n) is 25.5. The molecular formula is C33H39N7O4. The average molecular weight is 598 g/mol. The maximum atomic E-state index is 13.7. The molecule has 3 amide bonds. The maximum absolute atomic E-state index is 13.7. The number of rotatable bonds is 11. The highest BCUT2D eigenvalue weighted by molar-refractivity contribution is 5.98. The van der Waals surface area contributed by atoms with E-state index in [1.54, 1.807) is 24.1 Å². The number of hydrogen-bond donors (Lipinski definition) is 3. The fourth-order valence-corrected chi connectivity index (χ4v) is 5.62. The SMILES string of the molecule is CCNC(=O)c1cc(-c2nn(-c3ccccc3)c(NC(=O)N[C@@H]3CN(CCOC)C[C@H]3c3ccccc3)c2C)cnc1OC. The van der Waals surface area contributed by atoms with Gasteiger partial charge in [0.1, 0.15) is 11.4 Å². The van der Waals surface area contributed by atoms with Crippen LogP contribution < -0.4 is 20.7 Å². The molecule has 1 aliphatic heterocycles. The summed E-state index contributed by atoms with van der Waals surface area (Å²) in [5.74, 6) is 0.583. The first-order valence-corrected chi connectivity index (χ1v) is 14.7. The van der Waals surface area contributed by atoms with Crippen LogP contribution in [-0.4, -0.2) is 84.7 Å². The van der Waals surface area contributed by atoms with Crippen LogP contribution in [0.3, 0.4) is 0 Å². The first-order chi connectivity index (χ1) is 21.4. The van der Waals surface area contributed by atoms with E-state index in [0.717, 1.165) is 24.3 Å². The summed E-state index contributed by atoms with van der Waals surface area (Å²) in [6, 6.07) is 21.1. The highest BCUT2D eigenvalue weighted by Gasteiger charge is 2.35. The van der Waals surface area contributed by atoms with Crippen molar-refractivity contribution >= 4 is 17.8 Å². The van der Waals surface area contributed by atoms with Gasteiger partial charge in [-0.15, -0.1) is 0 Å². The molecule has 4 aromatic rings. The largest absolute Gasteiger partial charge is 0.480 e. The Hall–Kier alpha value is -4.74. The molecule has 2 aromatic carbocycles. The molecule has 1 saturated heterocycles. The lowest BCUT2D eigenvalue weighted by atomic mass is 9.94. The number of pyridine rings is 1. The van der Waals surface area contributed by atoms with Crippen LogP contribution >= 0.6 is 0 Å². The van der Waals surface area contributed by atoms with Crippen LogP contribution in [0.1, 0.15) is 34.3 Å². The maximum Gasteiger partial charge on any atom is 0.320 e. The topological polar surface area (TPSA) is 123 Å². The minimum Gasteiger partial charge on any atom is -0.480 e. The number of carbonyl (C=O) groups excluding carboxylic acids is 2. The van der Waals surface area contributed by atoms with Gasteiger partial charge < -0.3 is 20.1 Å². The Labute approximate surface area is 257 Å². The second kappa shape index (κ2) is 14.2. The third kappa shape index (κ3) is 6.74. The Balaban J connectivity index is 1.46. The van der Waals surface area contributed by atoms with Crippen LogP contribution in [0.4, 0.5) is 10.6 Å². The number of carbonyl (C=O) groups is 2. The molecule has 0 saturated carbocycles. The van der Waals surface area contributed by atoms with E-state index in [2.05, 4.69) is 38.0 Å². The fraction of sp³-hybridized carbons (Fsp3) is 0.333. The van der Waals surface area contributed by atoms with Gasteiger partial charge in [0.15, 0.2) is 0 Å². The Bertz CT molecular complexity index is 1580. The van der Waals surface area contributed by atoms with Gasteiger partial charge in [0.25, 0.3) is 5.91 Å². The van der Waals surface area contributed by atoms with Gasteiger partial charge in [0, 0.05) is 56.5 Å². The number of ether oxygens (including phenoxy) is 2. The second-order valence-electron chi connectivity index (χ2n) is 10.7. The number of aromatic nitrogens is 3. The van der Waals surface area contributed by atoms with Gasteiger partial charge in [-0.1, -0.05) is 48.5 Å². The number of methoxy groups -OCH3 is 2. The molecular weight excluding hydrogens is 558 g/mol. The molecule has 0 radical (unpaired) electrons. The summed E-state index contributed by atoms with van der Waals surface area (Å²) in [6.45, 7) is 7.15. The lowest BCUT2D eigenvalue weighted by molar-refractivity contribution is 0.0952. The molecule has 3 heterocycles. The molecule has 2 aromatic heterocycles. The highest BCUT2D eigenvalue weighted by Crippen LogP contribution is 2.33. The smallest absolute Gasteiger partial charge is 0.320 e. The minimum atomic E-state index is -0.327. The van der Waals surface area contributed by atoms with E-state index in [-0.39, 0.29) is 29.8 Å². The number of nitrogens with zero attached hydrogens (tertiary/aromatic N) is 4. The molecule has 44 heavy (non-hydrogen) atoms.